The summed E-state index contributed by atoms with van der Waals surface area (Å²) in [6.45, 7) is 0. The van der Waals surface area contributed by atoms with E-state index in [-0.39, 0.29) is 0 Å². The monoisotopic (exact) mass is 776 g/mol. The Balaban J connectivity index is 1.15. The van der Waals surface area contributed by atoms with Gasteiger partial charge >= 0.3 is 0 Å². The van der Waals surface area contributed by atoms with Crippen molar-refractivity contribution in [2.75, 3.05) is 9.80 Å². The molecule has 0 bridgehead atoms. The summed E-state index contributed by atoms with van der Waals surface area (Å²) in [5.41, 5.74) is 18.9. The van der Waals surface area contributed by atoms with Crippen LogP contribution in [-0.4, -0.2) is 0 Å². The van der Waals surface area contributed by atoms with Gasteiger partial charge in [-0.15, -0.1) is 0 Å². The van der Waals surface area contributed by atoms with E-state index in [1.54, 1.807) is 0 Å². The van der Waals surface area contributed by atoms with Crippen molar-refractivity contribution < 1.29 is 0 Å². The first-order valence-electron chi connectivity index (χ1n) is 21.1. The summed E-state index contributed by atoms with van der Waals surface area (Å²) in [4.78, 5) is 4.88. The molecule has 0 saturated heterocycles. The number of para-hydroxylation sites is 3. The minimum absolute atomic E-state index is 0.563. The highest BCUT2D eigenvalue weighted by Crippen LogP contribution is 2.64. The van der Waals surface area contributed by atoms with Crippen LogP contribution >= 0.6 is 0 Å². The standard InChI is InChI=1S/C59H40N2/c1-5-19-41(20-6-1)49-36-33-42-21-13-14-28-48(42)58(49)61(45-26-11-4-12-27-45)47-35-38-53-51-30-16-18-32-55(51)59(57(53)40-47)54-31-17-15-29-50(54)52-37-34-46(39-56(52)59)60(43-22-7-2-8-23-43)44-24-9-3-10-25-44/h1-40H. The van der Waals surface area contributed by atoms with Gasteiger partial charge in [0.2, 0.25) is 0 Å². The first-order chi connectivity index (χ1) is 30.3. The van der Waals surface area contributed by atoms with E-state index in [9.17, 15) is 0 Å². The van der Waals surface area contributed by atoms with Crippen LogP contribution < -0.4 is 9.80 Å². The van der Waals surface area contributed by atoms with Crippen molar-refractivity contribution in [2.45, 2.75) is 5.41 Å². The normalized spacial score (nSPS) is 14.3. The molecule has 10 aromatic rings. The van der Waals surface area contributed by atoms with Gasteiger partial charge in [-0.3, -0.25) is 0 Å². The molecule has 0 radical (unpaired) electrons. The first-order valence-corrected chi connectivity index (χ1v) is 21.1. The molecule has 2 nitrogen and oxygen atoms in total. The van der Waals surface area contributed by atoms with E-state index in [0.717, 1.165) is 34.1 Å². The summed E-state index contributed by atoms with van der Waals surface area (Å²) in [6, 6.07) is 89.1. The molecule has 1 spiro atoms. The molecule has 10 aromatic carbocycles. The quantitative estimate of drug-likeness (QED) is 0.159. The lowest BCUT2D eigenvalue weighted by Crippen LogP contribution is -2.26. The molecule has 286 valence electrons. The van der Waals surface area contributed by atoms with Gasteiger partial charge in [0.05, 0.1) is 11.1 Å². The topological polar surface area (TPSA) is 6.48 Å². The van der Waals surface area contributed by atoms with Gasteiger partial charge in [0.25, 0.3) is 0 Å². The maximum Gasteiger partial charge on any atom is 0.0727 e. The Morgan fingerprint density at radius 1 is 0.262 bits per heavy atom. The zero-order valence-electron chi connectivity index (χ0n) is 33.5. The van der Waals surface area contributed by atoms with Crippen molar-refractivity contribution >= 4 is 44.9 Å². The van der Waals surface area contributed by atoms with E-state index < -0.39 is 5.41 Å². The van der Waals surface area contributed by atoms with Crippen LogP contribution in [0.3, 0.4) is 0 Å². The second kappa shape index (κ2) is 14.1. The Morgan fingerprint density at radius 3 is 1.23 bits per heavy atom. The molecule has 61 heavy (non-hydrogen) atoms. The smallest absolute Gasteiger partial charge is 0.0727 e. The van der Waals surface area contributed by atoms with Crippen molar-refractivity contribution in [1.82, 2.24) is 0 Å². The second-order valence-corrected chi connectivity index (χ2v) is 16.0. The average molecular weight is 777 g/mol. The van der Waals surface area contributed by atoms with Crippen LogP contribution in [0.25, 0.3) is 44.2 Å². The van der Waals surface area contributed by atoms with Crippen LogP contribution in [0.2, 0.25) is 0 Å². The third kappa shape index (κ3) is 5.36. The molecule has 0 aromatic heterocycles. The van der Waals surface area contributed by atoms with Gasteiger partial charge in [0.15, 0.2) is 0 Å². The Morgan fingerprint density at radius 2 is 0.672 bits per heavy atom. The molecule has 2 heteroatoms. The van der Waals surface area contributed by atoms with Gasteiger partial charge in [-0.05, 0) is 116 Å². The Labute approximate surface area is 356 Å². The third-order valence-electron chi connectivity index (χ3n) is 12.8. The Hall–Kier alpha value is -7.94. The predicted molar refractivity (Wildman–Crippen MR) is 255 cm³/mol. The van der Waals surface area contributed by atoms with Crippen molar-refractivity contribution in [3.8, 4) is 33.4 Å². The number of hydrogen-bond acceptors (Lipinski definition) is 2. The summed E-state index contributed by atoms with van der Waals surface area (Å²) in [5, 5.41) is 2.41. The largest absolute Gasteiger partial charge is 0.310 e. The summed E-state index contributed by atoms with van der Waals surface area (Å²) in [5.74, 6) is 0. The Kier molecular flexibility index (Phi) is 8.11. The highest BCUT2D eigenvalue weighted by molar-refractivity contribution is 6.07. The van der Waals surface area contributed by atoms with Crippen molar-refractivity contribution in [1.29, 1.82) is 0 Å². The molecular formula is C59H40N2. The lowest BCUT2D eigenvalue weighted by atomic mass is 9.70. The fourth-order valence-electron chi connectivity index (χ4n) is 10.3. The van der Waals surface area contributed by atoms with E-state index in [0.29, 0.717) is 0 Å². The van der Waals surface area contributed by atoms with Crippen molar-refractivity contribution in [3.63, 3.8) is 0 Å². The van der Waals surface area contributed by atoms with E-state index >= 15 is 0 Å². The fraction of sp³-hybridized carbons (Fsp3) is 0.0169. The fourth-order valence-corrected chi connectivity index (χ4v) is 10.3. The van der Waals surface area contributed by atoms with E-state index in [1.807, 2.05) is 0 Å². The molecule has 2 aliphatic rings. The van der Waals surface area contributed by atoms with Gasteiger partial charge in [-0.1, -0.05) is 182 Å². The van der Waals surface area contributed by atoms with E-state index in [2.05, 4.69) is 252 Å². The van der Waals surface area contributed by atoms with Gasteiger partial charge in [0, 0.05) is 39.4 Å². The molecular weight excluding hydrogens is 737 g/mol. The van der Waals surface area contributed by atoms with Crippen LogP contribution in [0, 0.1) is 0 Å². The number of benzene rings is 10. The van der Waals surface area contributed by atoms with Crippen LogP contribution in [-0.2, 0) is 5.41 Å². The van der Waals surface area contributed by atoms with Crippen molar-refractivity contribution in [2.24, 2.45) is 0 Å². The molecule has 1 unspecified atom stereocenters. The summed E-state index contributed by atoms with van der Waals surface area (Å²) < 4.78 is 0. The lowest BCUT2D eigenvalue weighted by Gasteiger charge is -2.34. The highest BCUT2D eigenvalue weighted by atomic mass is 15.2. The molecule has 2 aliphatic carbocycles. The summed E-state index contributed by atoms with van der Waals surface area (Å²) >= 11 is 0. The van der Waals surface area contributed by atoms with Crippen LogP contribution in [0.4, 0.5) is 34.1 Å². The number of anilines is 6. The maximum atomic E-state index is 2.50. The summed E-state index contributed by atoms with van der Waals surface area (Å²) in [6.07, 6.45) is 0. The van der Waals surface area contributed by atoms with Gasteiger partial charge in [0.1, 0.15) is 0 Å². The molecule has 0 amide bonds. The van der Waals surface area contributed by atoms with Gasteiger partial charge in [-0.25, -0.2) is 0 Å². The molecule has 0 fully saturated rings. The zero-order chi connectivity index (χ0) is 40.3. The van der Waals surface area contributed by atoms with E-state index in [4.69, 9.17) is 0 Å². The summed E-state index contributed by atoms with van der Waals surface area (Å²) in [7, 11) is 0. The number of fused-ring (bicyclic) bond motifs is 11. The molecule has 0 aliphatic heterocycles. The number of rotatable bonds is 7. The number of hydrogen-bond donors (Lipinski definition) is 0. The zero-order valence-corrected chi connectivity index (χ0v) is 33.5. The number of nitrogens with zero attached hydrogens (tertiary/aromatic N) is 2. The maximum absolute atomic E-state index is 2.50. The minimum Gasteiger partial charge on any atom is -0.310 e. The van der Waals surface area contributed by atoms with E-state index in [1.165, 1.54) is 66.4 Å². The minimum atomic E-state index is -0.563. The third-order valence-corrected chi connectivity index (χ3v) is 12.8. The molecule has 0 saturated carbocycles. The van der Waals surface area contributed by atoms with Gasteiger partial charge < -0.3 is 9.80 Å². The van der Waals surface area contributed by atoms with Crippen LogP contribution in [0.5, 0.6) is 0 Å². The molecule has 0 N–H and O–H groups in total. The molecule has 0 heterocycles. The molecule has 12 rings (SSSR count). The predicted octanol–water partition coefficient (Wildman–Crippen LogP) is 15.8. The van der Waals surface area contributed by atoms with Gasteiger partial charge in [-0.2, -0.15) is 0 Å². The molecule has 1 atom stereocenters. The second-order valence-electron chi connectivity index (χ2n) is 16.0. The lowest BCUT2D eigenvalue weighted by molar-refractivity contribution is 0.793. The van der Waals surface area contributed by atoms with Crippen LogP contribution in [0.1, 0.15) is 22.3 Å². The van der Waals surface area contributed by atoms with Crippen molar-refractivity contribution in [3.05, 3.63) is 265 Å². The Bertz CT molecular complexity index is 3200. The average Bonchev–Trinajstić information content (AvgIpc) is 3.80. The SMILES string of the molecule is c1ccc(-c2ccc3ccccc3c2N(c2ccccc2)c2ccc3c(c2)C2(c4ccccc4-c4ccc(N(c5ccccc5)c5ccccc5)cc42)c2ccccc2-3)cc1. The highest BCUT2D eigenvalue weighted by Gasteiger charge is 2.52. The van der Waals surface area contributed by atoms with Crippen LogP contribution in [0.15, 0.2) is 243 Å². The first kappa shape index (κ1) is 35.0.